The summed E-state index contributed by atoms with van der Waals surface area (Å²) in [5, 5.41) is 2.06. The Kier molecular flexibility index (Phi) is 5.51. The van der Waals surface area contributed by atoms with E-state index < -0.39 is 0 Å². The SMILES string of the molecule is O=C(CSc1nc(-c2ccccc2)cs1)N1CCCCCC1. The predicted molar refractivity (Wildman–Crippen MR) is 93.3 cm³/mol. The minimum Gasteiger partial charge on any atom is -0.342 e. The topological polar surface area (TPSA) is 33.2 Å². The molecule has 0 saturated carbocycles. The van der Waals surface area contributed by atoms with Gasteiger partial charge in [0.15, 0.2) is 4.34 Å². The molecule has 0 aliphatic carbocycles. The number of nitrogens with zero attached hydrogens (tertiary/aromatic N) is 2. The maximum Gasteiger partial charge on any atom is 0.233 e. The minimum absolute atomic E-state index is 0.253. The van der Waals surface area contributed by atoms with E-state index in [0.717, 1.165) is 41.5 Å². The third-order valence-corrected chi connectivity index (χ3v) is 5.84. The van der Waals surface area contributed by atoms with Crippen molar-refractivity contribution in [3.8, 4) is 11.3 Å². The van der Waals surface area contributed by atoms with Crippen LogP contribution >= 0.6 is 23.1 Å². The van der Waals surface area contributed by atoms with Crippen molar-refractivity contribution in [2.45, 2.75) is 30.0 Å². The average Bonchev–Trinajstić information content (AvgIpc) is 2.87. The second-order valence-corrected chi connectivity index (χ2v) is 7.53. The van der Waals surface area contributed by atoms with Crippen molar-refractivity contribution >= 4 is 29.0 Å². The monoisotopic (exact) mass is 332 g/mol. The molecule has 116 valence electrons. The van der Waals surface area contributed by atoms with Crippen molar-refractivity contribution in [2.24, 2.45) is 0 Å². The van der Waals surface area contributed by atoms with Crippen molar-refractivity contribution in [3.05, 3.63) is 35.7 Å². The van der Waals surface area contributed by atoms with E-state index in [1.54, 1.807) is 23.1 Å². The Morgan fingerprint density at radius 1 is 1.14 bits per heavy atom. The second kappa shape index (κ2) is 7.79. The average molecular weight is 332 g/mol. The number of aromatic nitrogens is 1. The van der Waals surface area contributed by atoms with Gasteiger partial charge < -0.3 is 4.90 Å². The molecule has 3 nitrogen and oxygen atoms in total. The molecule has 0 atom stereocenters. The Bertz CT molecular complexity index is 604. The largest absolute Gasteiger partial charge is 0.342 e. The summed E-state index contributed by atoms with van der Waals surface area (Å²) in [4.78, 5) is 18.9. The Balaban J connectivity index is 1.55. The van der Waals surface area contributed by atoms with E-state index in [0.29, 0.717) is 5.75 Å². The van der Waals surface area contributed by atoms with Gasteiger partial charge in [-0.25, -0.2) is 4.98 Å². The number of carbonyl (C=O) groups is 1. The molecule has 1 aliphatic rings. The molecule has 1 aromatic carbocycles. The van der Waals surface area contributed by atoms with E-state index in [2.05, 4.69) is 22.5 Å². The molecular weight excluding hydrogens is 312 g/mol. The van der Waals surface area contributed by atoms with Crippen LogP contribution in [-0.4, -0.2) is 34.6 Å². The Hall–Kier alpha value is -1.33. The van der Waals surface area contributed by atoms with Gasteiger partial charge in [0.25, 0.3) is 0 Å². The second-order valence-electron chi connectivity index (χ2n) is 5.45. The summed E-state index contributed by atoms with van der Waals surface area (Å²) in [5.41, 5.74) is 2.12. The number of thioether (sulfide) groups is 1. The molecule has 1 aromatic heterocycles. The van der Waals surface area contributed by atoms with E-state index >= 15 is 0 Å². The fraction of sp³-hybridized carbons (Fsp3) is 0.412. The lowest BCUT2D eigenvalue weighted by atomic mass is 10.2. The van der Waals surface area contributed by atoms with Crippen molar-refractivity contribution in [2.75, 3.05) is 18.8 Å². The normalized spacial score (nSPS) is 15.5. The predicted octanol–water partition coefficient (Wildman–Crippen LogP) is 4.30. The van der Waals surface area contributed by atoms with Crippen LogP contribution in [0.4, 0.5) is 0 Å². The lowest BCUT2D eigenvalue weighted by Crippen LogP contribution is -2.33. The molecule has 1 amide bonds. The number of amides is 1. The lowest BCUT2D eigenvalue weighted by Gasteiger charge is -2.19. The molecule has 0 bridgehead atoms. The Morgan fingerprint density at radius 2 is 1.86 bits per heavy atom. The van der Waals surface area contributed by atoms with E-state index in [4.69, 9.17) is 0 Å². The molecule has 0 N–H and O–H groups in total. The zero-order chi connectivity index (χ0) is 15.2. The molecular formula is C17H20N2OS2. The van der Waals surface area contributed by atoms with Crippen molar-refractivity contribution in [1.82, 2.24) is 9.88 Å². The third kappa shape index (κ3) is 4.11. The first-order valence-electron chi connectivity index (χ1n) is 7.74. The molecule has 1 fully saturated rings. The quantitative estimate of drug-likeness (QED) is 0.783. The molecule has 2 aromatic rings. The van der Waals surface area contributed by atoms with Gasteiger partial charge in [0.2, 0.25) is 5.91 Å². The van der Waals surface area contributed by atoms with Gasteiger partial charge in [-0.15, -0.1) is 11.3 Å². The van der Waals surface area contributed by atoms with Crippen LogP contribution in [-0.2, 0) is 4.79 Å². The standard InChI is InChI=1S/C17H20N2OS2/c20-16(19-10-6-1-2-7-11-19)13-22-17-18-15(12-21-17)14-8-4-3-5-9-14/h3-5,8-9,12H,1-2,6-7,10-11,13H2. The fourth-order valence-corrected chi connectivity index (χ4v) is 4.34. The lowest BCUT2D eigenvalue weighted by molar-refractivity contribution is -0.128. The number of thiazole rings is 1. The van der Waals surface area contributed by atoms with Gasteiger partial charge in [-0.2, -0.15) is 0 Å². The highest BCUT2D eigenvalue weighted by atomic mass is 32.2. The summed E-state index contributed by atoms with van der Waals surface area (Å²) in [7, 11) is 0. The van der Waals surface area contributed by atoms with Crippen molar-refractivity contribution in [1.29, 1.82) is 0 Å². The van der Waals surface area contributed by atoms with Gasteiger partial charge in [-0.3, -0.25) is 4.79 Å². The number of hydrogen-bond donors (Lipinski definition) is 0. The van der Waals surface area contributed by atoms with Crippen molar-refractivity contribution < 1.29 is 4.79 Å². The van der Waals surface area contributed by atoms with Gasteiger partial charge in [0.05, 0.1) is 11.4 Å². The summed E-state index contributed by atoms with van der Waals surface area (Å²) in [6, 6.07) is 10.2. The first kappa shape index (κ1) is 15.6. The highest BCUT2D eigenvalue weighted by molar-refractivity contribution is 8.01. The van der Waals surface area contributed by atoms with E-state index in [1.165, 1.54) is 12.8 Å². The van der Waals surface area contributed by atoms with Crippen LogP contribution in [0.1, 0.15) is 25.7 Å². The molecule has 5 heteroatoms. The molecule has 1 aliphatic heterocycles. The van der Waals surface area contributed by atoms with Gasteiger partial charge in [-0.05, 0) is 12.8 Å². The summed E-state index contributed by atoms with van der Waals surface area (Å²) >= 11 is 3.18. The van der Waals surface area contributed by atoms with E-state index in [1.807, 2.05) is 23.1 Å². The van der Waals surface area contributed by atoms with Crippen molar-refractivity contribution in [3.63, 3.8) is 0 Å². The minimum atomic E-state index is 0.253. The van der Waals surface area contributed by atoms with E-state index in [9.17, 15) is 4.79 Å². The maximum absolute atomic E-state index is 12.3. The zero-order valence-corrected chi connectivity index (χ0v) is 14.2. The Morgan fingerprint density at radius 3 is 2.59 bits per heavy atom. The van der Waals surface area contributed by atoms with Crippen LogP contribution in [0.2, 0.25) is 0 Å². The van der Waals surface area contributed by atoms with Crippen LogP contribution in [0.15, 0.2) is 40.1 Å². The Labute approximate surface area is 139 Å². The summed E-state index contributed by atoms with van der Waals surface area (Å²) in [5.74, 6) is 0.755. The van der Waals surface area contributed by atoms with Crippen LogP contribution in [0, 0.1) is 0 Å². The zero-order valence-electron chi connectivity index (χ0n) is 12.5. The first-order chi connectivity index (χ1) is 10.8. The molecule has 0 spiro atoms. The molecule has 0 unspecified atom stereocenters. The molecule has 0 radical (unpaired) electrons. The number of carbonyl (C=O) groups excluding carboxylic acids is 1. The van der Waals surface area contributed by atoms with Crippen LogP contribution in [0.3, 0.4) is 0 Å². The smallest absolute Gasteiger partial charge is 0.233 e. The number of hydrogen-bond acceptors (Lipinski definition) is 4. The molecule has 1 saturated heterocycles. The molecule has 3 rings (SSSR count). The molecule has 2 heterocycles. The summed E-state index contributed by atoms with van der Waals surface area (Å²) in [6.07, 6.45) is 4.80. The number of rotatable bonds is 4. The third-order valence-electron chi connectivity index (χ3n) is 3.83. The van der Waals surface area contributed by atoms with Crippen LogP contribution < -0.4 is 0 Å². The fourth-order valence-electron chi connectivity index (χ4n) is 2.60. The molecule has 22 heavy (non-hydrogen) atoms. The number of benzene rings is 1. The van der Waals surface area contributed by atoms with Gasteiger partial charge in [-0.1, -0.05) is 54.9 Å². The van der Waals surface area contributed by atoms with Gasteiger partial charge in [0, 0.05) is 24.0 Å². The number of likely N-dealkylation sites (tertiary alicyclic amines) is 1. The highest BCUT2D eigenvalue weighted by Gasteiger charge is 2.16. The van der Waals surface area contributed by atoms with E-state index in [-0.39, 0.29) is 5.91 Å². The van der Waals surface area contributed by atoms with Crippen LogP contribution in [0.25, 0.3) is 11.3 Å². The summed E-state index contributed by atoms with van der Waals surface area (Å²) < 4.78 is 0.974. The first-order valence-corrected chi connectivity index (χ1v) is 9.61. The van der Waals surface area contributed by atoms with Gasteiger partial charge in [0.1, 0.15) is 0 Å². The van der Waals surface area contributed by atoms with Gasteiger partial charge >= 0.3 is 0 Å². The highest BCUT2D eigenvalue weighted by Crippen LogP contribution is 2.28. The summed E-state index contributed by atoms with van der Waals surface area (Å²) in [6.45, 7) is 1.85. The van der Waals surface area contributed by atoms with Crippen LogP contribution in [0.5, 0.6) is 0 Å². The maximum atomic E-state index is 12.3.